The molecule has 1 atom stereocenters. The highest BCUT2D eigenvalue weighted by Crippen LogP contribution is 2.44. The number of fused-ring (bicyclic) bond motifs is 1. The fourth-order valence-corrected chi connectivity index (χ4v) is 3.81. The van der Waals surface area contributed by atoms with E-state index in [0.29, 0.717) is 4.83 Å². The maximum Gasteiger partial charge on any atom is 0.132 e. The van der Waals surface area contributed by atoms with Crippen LogP contribution in [0.5, 0.6) is 5.75 Å². The molecule has 1 aliphatic heterocycles. The molecule has 0 spiro atoms. The molecule has 0 saturated carbocycles. The van der Waals surface area contributed by atoms with Gasteiger partial charge in [-0.1, -0.05) is 28.1 Å². The minimum atomic E-state index is 0.499. The van der Waals surface area contributed by atoms with E-state index >= 15 is 0 Å². The summed E-state index contributed by atoms with van der Waals surface area (Å²) >= 11 is 5.57. The Kier molecular flexibility index (Phi) is 2.84. The molecule has 3 heteroatoms. The van der Waals surface area contributed by atoms with Crippen molar-refractivity contribution in [3.05, 3.63) is 23.8 Å². The first-order chi connectivity index (χ1) is 6.33. The molecule has 1 nitrogen and oxygen atoms in total. The molecule has 0 radical (unpaired) electrons. The maximum absolute atomic E-state index is 5.32. The highest BCUT2D eigenvalue weighted by atomic mass is 79.9. The normalized spacial score (nSPS) is 20.9. The summed E-state index contributed by atoms with van der Waals surface area (Å²) < 4.78 is 5.32. The lowest BCUT2D eigenvalue weighted by atomic mass is 10.1. The Morgan fingerprint density at radius 2 is 2.38 bits per heavy atom. The number of alkyl halides is 1. The van der Waals surface area contributed by atoms with Gasteiger partial charge in [0.1, 0.15) is 5.75 Å². The van der Waals surface area contributed by atoms with Crippen LogP contribution in [0.4, 0.5) is 0 Å². The lowest BCUT2D eigenvalue weighted by Crippen LogP contribution is -2.02. The van der Waals surface area contributed by atoms with E-state index in [1.54, 1.807) is 7.11 Å². The molecule has 0 aromatic heterocycles. The van der Waals surface area contributed by atoms with Gasteiger partial charge in [0.2, 0.25) is 0 Å². The van der Waals surface area contributed by atoms with Gasteiger partial charge in [0, 0.05) is 4.83 Å². The van der Waals surface area contributed by atoms with Crippen molar-refractivity contribution in [1.82, 2.24) is 0 Å². The van der Waals surface area contributed by atoms with Crippen LogP contribution in [0.2, 0.25) is 0 Å². The topological polar surface area (TPSA) is 9.23 Å². The van der Waals surface area contributed by atoms with Gasteiger partial charge in [-0.15, -0.1) is 11.8 Å². The van der Waals surface area contributed by atoms with Gasteiger partial charge < -0.3 is 4.74 Å². The van der Waals surface area contributed by atoms with Crippen molar-refractivity contribution in [3.8, 4) is 5.75 Å². The minimum Gasteiger partial charge on any atom is -0.496 e. The molecule has 0 bridgehead atoms. The second-order valence-electron chi connectivity index (χ2n) is 2.98. The molecule has 2 rings (SSSR count). The van der Waals surface area contributed by atoms with E-state index in [1.165, 1.54) is 22.6 Å². The van der Waals surface area contributed by atoms with Gasteiger partial charge in [-0.05, 0) is 23.8 Å². The standard InChI is InChI=1S/C10H11BrOS/c1-12-9-4-2-3-7-8(11)5-6-13-10(7)9/h2-4,8H,5-6H2,1H3. The third-order valence-corrected chi connectivity index (χ3v) is 4.30. The van der Waals surface area contributed by atoms with Crippen LogP contribution in [0.15, 0.2) is 23.1 Å². The van der Waals surface area contributed by atoms with Gasteiger partial charge >= 0.3 is 0 Å². The van der Waals surface area contributed by atoms with E-state index in [0.717, 1.165) is 5.75 Å². The second-order valence-corrected chi connectivity index (χ2v) is 5.19. The molecule has 0 fully saturated rings. The molecule has 0 N–H and O–H groups in total. The molecular formula is C10H11BrOS. The van der Waals surface area contributed by atoms with E-state index in [9.17, 15) is 0 Å². The summed E-state index contributed by atoms with van der Waals surface area (Å²) in [6.45, 7) is 0. The molecule has 13 heavy (non-hydrogen) atoms. The van der Waals surface area contributed by atoms with Crippen LogP contribution in [-0.2, 0) is 0 Å². The van der Waals surface area contributed by atoms with Gasteiger partial charge in [0.15, 0.2) is 0 Å². The van der Waals surface area contributed by atoms with Crippen molar-refractivity contribution in [2.75, 3.05) is 12.9 Å². The summed E-state index contributed by atoms with van der Waals surface area (Å²) in [6.07, 6.45) is 1.20. The molecule has 1 unspecified atom stereocenters. The lowest BCUT2D eigenvalue weighted by Gasteiger charge is -2.21. The second kappa shape index (κ2) is 3.93. The highest BCUT2D eigenvalue weighted by molar-refractivity contribution is 9.09. The van der Waals surface area contributed by atoms with Crippen LogP contribution < -0.4 is 4.74 Å². The van der Waals surface area contributed by atoms with Gasteiger partial charge in [0.05, 0.1) is 12.0 Å². The fourth-order valence-electron chi connectivity index (χ4n) is 1.51. The number of hydrogen-bond donors (Lipinski definition) is 0. The molecule has 1 aromatic rings. The van der Waals surface area contributed by atoms with Gasteiger partial charge in [-0.2, -0.15) is 0 Å². The summed E-state index contributed by atoms with van der Waals surface area (Å²) in [5.74, 6) is 2.18. The monoisotopic (exact) mass is 258 g/mol. The number of benzene rings is 1. The number of hydrogen-bond acceptors (Lipinski definition) is 2. The van der Waals surface area contributed by atoms with Crippen LogP contribution in [0.3, 0.4) is 0 Å². The van der Waals surface area contributed by atoms with Crippen LogP contribution in [0, 0.1) is 0 Å². The fraction of sp³-hybridized carbons (Fsp3) is 0.400. The van der Waals surface area contributed by atoms with E-state index in [1.807, 2.05) is 17.8 Å². The van der Waals surface area contributed by atoms with Crippen LogP contribution >= 0.6 is 27.7 Å². The van der Waals surface area contributed by atoms with Crippen molar-refractivity contribution in [3.63, 3.8) is 0 Å². The summed E-state index contributed by atoms with van der Waals surface area (Å²) in [6, 6.07) is 6.25. The van der Waals surface area contributed by atoms with E-state index in [2.05, 4.69) is 28.1 Å². The van der Waals surface area contributed by atoms with Crippen LogP contribution in [-0.4, -0.2) is 12.9 Å². The number of ether oxygens (including phenoxy) is 1. The number of rotatable bonds is 1. The predicted molar refractivity (Wildman–Crippen MR) is 60.0 cm³/mol. The van der Waals surface area contributed by atoms with Gasteiger partial charge in [-0.25, -0.2) is 0 Å². The summed E-state index contributed by atoms with van der Waals surface area (Å²) in [7, 11) is 1.73. The quantitative estimate of drug-likeness (QED) is 0.712. The third-order valence-electron chi connectivity index (χ3n) is 2.18. The van der Waals surface area contributed by atoms with Crippen molar-refractivity contribution >= 4 is 27.7 Å². The lowest BCUT2D eigenvalue weighted by molar-refractivity contribution is 0.403. The molecule has 0 aliphatic carbocycles. The number of thioether (sulfide) groups is 1. The zero-order valence-electron chi connectivity index (χ0n) is 7.42. The minimum absolute atomic E-state index is 0.499. The van der Waals surface area contributed by atoms with E-state index in [-0.39, 0.29) is 0 Å². The third kappa shape index (κ3) is 1.72. The van der Waals surface area contributed by atoms with Crippen molar-refractivity contribution < 1.29 is 4.74 Å². The Hall–Kier alpha value is -0.150. The Morgan fingerprint density at radius 3 is 3.15 bits per heavy atom. The molecule has 1 aromatic carbocycles. The number of halogens is 1. The first-order valence-electron chi connectivity index (χ1n) is 4.26. The smallest absolute Gasteiger partial charge is 0.132 e. The summed E-state index contributed by atoms with van der Waals surface area (Å²) in [5.41, 5.74) is 1.37. The molecular weight excluding hydrogens is 248 g/mol. The van der Waals surface area contributed by atoms with Crippen molar-refractivity contribution in [1.29, 1.82) is 0 Å². The predicted octanol–water partition coefficient (Wildman–Crippen LogP) is 3.63. The Balaban J connectivity index is 2.48. The summed E-state index contributed by atoms with van der Waals surface area (Å²) in [4.78, 5) is 1.80. The first kappa shape index (κ1) is 9.41. The molecule has 0 amide bonds. The number of methoxy groups -OCH3 is 1. The SMILES string of the molecule is COc1cccc2c1SCCC2Br. The van der Waals surface area contributed by atoms with E-state index in [4.69, 9.17) is 4.74 Å². The Labute approximate surface area is 91.0 Å². The molecule has 1 aliphatic rings. The maximum atomic E-state index is 5.32. The molecule has 70 valence electrons. The zero-order chi connectivity index (χ0) is 9.26. The molecule has 1 heterocycles. The van der Waals surface area contributed by atoms with Gasteiger partial charge in [0.25, 0.3) is 0 Å². The van der Waals surface area contributed by atoms with E-state index < -0.39 is 0 Å². The van der Waals surface area contributed by atoms with Crippen molar-refractivity contribution in [2.24, 2.45) is 0 Å². The first-order valence-corrected chi connectivity index (χ1v) is 6.17. The highest BCUT2D eigenvalue weighted by Gasteiger charge is 2.20. The zero-order valence-corrected chi connectivity index (χ0v) is 9.82. The largest absolute Gasteiger partial charge is 0.496 e. The average Bonchev–Trinajstić information content (AvgIpc) is 2.18. The van der Waals surface area contributed by atoms with Crippen LogP contribution in [0.1, 0.15) is 16.8 Å². The molecule has 0 saturated heterocycles. The van der Waals surface area contributed by atoms with Crippen LogP contribution in [0.25, 0.3) is 0 Å². The van der Waals surface area contributed by atoms with Crippen molar-refractivity contribution in [2.45, 2.75) is 16.1 Å². The van der Waals surface area contributed by atoms with Gasteiger partial charge in [-0.3, -0.25) is 0 Å². The Morgan fingerprint density at radius 1 is 1.54 bits per heavy atom. The summed E-state index contributed by atoms with van der Waals surface area (Å²) in [5, 5.41) is 0. The Bertz CT molecular complexity index is 314. The average molecular weight is 259 g/mol.